The monoisotopic (exact) mass is 594 g/mol. The first kappa shape index (κ1) is 29.0. The van der Waals surface area contributed by atoms with E-state index >= 15 is 0 Å². The summed E-state index contributed by atoms with van der Waals surface area (Å²) in [6.07, 6.45) is 8.53. The van der Waals surface area contributed by atoms with Crippen LogP contribution in [0.25, 0.3) is 11.1 Å². The molecule has 6 rings (SSSR count). The molecule has 3 aromatic rings. The standard InChI is InChI=1S/C30H42N8O3S/c1-20-18-21-6-5-7-25(21)28(27(20)22-8-13-31-26(19-22)41-24-11-14-37(4)15-12-24)32-29-33-30(35-34-29)42(39,40)38-16-9-23(10-17-38)36(2)3/h8,13,18-19,23-24H,5-7,9-12,14-17H2,1-4H3,(H2,32,33,34,35). The number of H-pyrrole nitrogens is 1. The van der Waals surface area contributed by atoms with Gasteiger partial charge in [0.25, 0.3) is 15.2 Å². The van der Waals surface area contributed by atoms with E-state index in [1.807, 2.05) is 26.2 Å². The number of ether oxygens (including phenoxy) is 1. The zero-order chi connectivity index (χ0) is 29.4. The fraction of sp³-hybridized carbons (Fsp3) is 0.567. The topological polar surface area (TPSA) is 120 Å². The highest BCUT2D eigenvalue weighted by atomic mass is 32.2. The second-order valence-electron chi connectivity index (χ2n) is 12.1. The molecule has 0 amide bonds. The van der Waals surface area contributed by atoms with Crippen molar-refractivity contribution in [3.8, 4) is 17.0 Å². The molecule has 0 radical (unpaired) electrons. The fourth-order valence-electron chi connectivity index (χ4n) is 6.56. The van der Waals surface area contributed by atoms with Crippen LogP contribution in [-0.4, -0.2) is 102 Å². The van der Waals surface area contributed by atoms with Gasteiger partial charge in [0.15, 0.2) is 0 Å². The molecular weight excluding hydrogens is 552 g/mol. The normalized spacial score (nSPS) is 19.4. The number of benzene rings is 1. The first-order valence-corrected chi connectivity index (χ1v) is 16.5. The Morgan fingerprint density at radius 2 is 1.83 bits per heavy atom. The molecule has 2 saturated heterocycles. The number of nitrogens with one attached hydrogen (secondary N) is 2. The second kappa shape index (κ2) is 11.9. The largest absolute Gasteiger partial charge is 0.474 e. The number of fused-ring (bicyclic) bond motifs is 1. The van der Waals surface area contributed by atoms with Crippen molar-refractivity contribution in [2.24, 2.45) is 0 Å². The molecule has 2 N–H and O–H groups in total. The molecular formula is C30H42N8O3S. The predicted molar refractivity (Wildman–Crippen MR) is 163 cm³/mol. The van der Waals surface area contributed by atoms with Crippen LogP contribution in [0.4, 0.5) is 11.6 Å². The highest BCUT2D eigenvalue weighted by molar-refractivity contribution is 7.88. The van der Waals surface area contributed by atoms with E-state index in [0.29, 0.717) is 25.0 Å². The van der Waals surface area contributed by atoms with Crippen molar-refractivity contribution in [1.29, 1.82) is 0 Å². The quantitative estimate of drug-likeness (QED) is 0.403. The Hall–Kier alpha value is -3.06. The summed E-state index contributed by atoms with van der Waals surface area (Å²) < 4.78 is 34.6. The summed E-state index contributed by atoms with van der Waals surface area (Å²) in [6, 6.07) is 6.67. The first-order valence-electron chi connectivity index (χ1n) is 15.0. The van der Waals surface area contributed by atoms with Gasteiger partial charge in [0.2, 0.25) is 11.8 Å². The molecule has 1 aliphatic carbocycles. The Bertz CT molecular complexity index is 1520. The number of nitrogens with zero attached hydrogens (tertiary/aromatic N) is 6. The Balaban J connectivity index is 1.27. The minimum atomic E-state index is -3.77. The number of hydrogen-bond donors (Lipinski definition) is 2. The van der Waals surface area contributed by atoms with Gasteiger partial charge in [-0.15, -0.1) is 5.10 Å². The van der Waals surface area contributed by atoms with Gasteiger partial charge in [0.1, 0.15) is 6.10 Å². The number of piperidine rings is 2. The van der Waals surface area contributed by atoms with Crippen molar-refractivity contribution in [2.45, 2.75) is 69.2 Å². The van der Waals surface area contributed by atoms with E-state index in [-0.39, 0.29) is 17.2 Å². The maximum absolute atomic E-state index is 13.4. The van der Waals surface area contributed by atoms with Crippen LogP contribution in [0.15, 0.2) is 29.6 Å². The zero-order valence-electron chi connectivity index (χ0n) is 25.1. The van der Waals surface area contributed by atoms with Crippen molar-refractivity contribution in [2.75, 3.05) is 52.6 Å². The minimum absolute atomic E-state index is 0.128. The van der Waals surface area contributed by atoms with Crippen LogP contribution in [0.5, 0.6) is 5.88 Å². The second-order valence-corrected chi connectivity index (χ2v) is 14.0. The lowest BCUT2D eigenvalue weighted by atomic mass is 9.93. The summed E-state index contributed by atoms with van der Waals surface area (Å²) in [5.74, 6) is 0.867. The van der Waals surface area contributed by atoms with Crippen LogP contribution in [0.2, 0.25) is 0 Å². The Labute approximate surface area is 248 Å². The summed E-state index contributed by atoms with van der Waals surface area (Å²) in [5, 5.41) is 10.3. The van der Waals surface area contributed by atoms with Crippen molar-refractivity contribution >= 4 is 21.7 Å². The van der Waals surface area contributed by atoms with E-state index < -0.39 is 10.0 Å². The molecule has 1 aromatic carbocycles. The van der Waals surface area contributed by atoms with Gasteiger partial charge in [-0.05, 0) is 101 Å². The van der Waals surface area contributed by atoms with Gasteiger partial charge in [-0.3, -0.25) is 0 Å². The van der Waals surface area contributed by atoms with Crippen LogP contribution in [0.3, 0.4) is 0 Å². The summed E-state index contributed by atoms with van der Waals surface area (Å²) >= 11 is 0. The molecule has 2 aliphatic heterocycles. The first-order chi connectivity index (χ1) is 20.2. The number of likely N-dealkylation sites (tertiary alicyclic amines) is 1. The fourth-order valence-corrected chi connectivity index (χ4v) is 7.86. The van der Waals surface area contributed by atoms with Gasteiger partial charge in [-0.25, -0.2) is 18.5 Å². The number of rotatable bonds is 8. The summed E-state index contributed by atoms with van der Waals surface area (Å²) in [4.78, 5) is 13.4. The number of hydrogen-bond acceptors (Lipinski definition) is 9. The Kier molecular flexibility index (Phi) is 8.23. The van der Waals surface area contributed by atoms with Gasteiger partial charge in [0.05, 0.1) is 5.69 Å². The SMILES string of the molecule is Cc1cc2c(c(Nc3n[nH]c(S(=O)(=O)N4CCC(N(C)C)CC4)n3)c1-c1ccnc(OC3CCN(C)CC3)c1)CCC2. The summed E-state index contributed by atoms with van der Waals surface area (Å²) in [7, 11) is 2.44. The number of anilines is 2. The van der Waals surface area contributed by atoms with Crippen molar-refractivity contribution in [3.05, 3.63) is 41.1 Å². The van der Waals surface area contributed by atoms with Gasteiger partial charge in [-0.1, -0.05) is 6.07 Å². The third kappa shape index (κ3) is 5.90. The van der Waals surface area contributed by atoms with E-state index in [9.17, 15) is 8.42 Å². The van der Waals surface area contributed by atoms with E-state index in [4.69, 9.17) is 4.74 Å². The number of sulfonamides is 1. The van der Waals surface area contributed by atoms with Crippen LogP contribution < -0.4 is 10.1 Å². The van der Waals surface area contributed by atoms with E-state index in [2.05, 4.69) is 55.3 Å². The molecule has 0 atom stereocenters. The van der Waals surface area contributed by atoms with Crippen molar-refractivity contribution in [3.63, 3.8) is 0 Å². The molecule has 4 heterocycles. The average molecular weight is 595 g/mol. The molecule has 226 valence electrons. The van der Waals surface area contributed by atoms with Crippen molar-refractivity contribution in [1.82, 2.24) is 34.3 Å². The number of pyridine rings is 1. The highest BCUT2D eigenvalue weighted by Crippen LogP contribution is 2.42. The number of aromatic amines is 1. The molecule has 2 aromatic heterocycles. The molecule has 0 unspecified atom stereocenters. The lowest BCUT2D eigenvalue weighted by Gasteiger charge is -2.33. The summed E-state index contributed by atoms with van der Waals surface area (Å²) in [6.45, 7) is 5.08. The molecule has 3 aliphatic rings. The molecule has 0 spiro atoms. The maximum atomic E-state index is 13.4. The smallest absolute Gasteiger partial charge is 0.278 e. The van der Waals surface area contributed by atoms with E-state index in [0.717, 1.165) is 80.4 Å². The maximum Gasteiger partial charge on any atom is 0.278 e. The van der Waals surface area contributed by atoms with Crippen LogP contribution >= 0.6 is 0 Å². The number of aromatic nitrogens is 4. The molecule has 12 heteroatoms. The van der Waals surface area contributed by atoms with Gasteiger partial charge < -0.3 is 19.9 Å². The highest BCUT2D eigenvalue weighted by Gasteiger charge is 2.33. The van der Waals surface area contributed by atoms with Gasteiger partial charge >= 0.3 is 0 Å². The minimum Gasteiger partial charge on any atom is -0.474 e. The lowest BCUT2D eigenvalue weighted by Crippen LogP contribution is -2.44. The zero-order valence-corrected chi connectivity index (χ0v) is 25.9. The Morgan fingerprint density at radius 1 is 1.07 bits per heavy atom. The summed E-state index contributed by atoms with van der Waals surface area (Å²) in [5.41, 5.74) is 6.62. The molecule has 2 fully saturated rings. The molecule has 42 heavy (non-hydrogen) atoms. The molecule has 11 nitrogen and oxygen atoms in total. The van der Waals surface area contributed by atoms with E-state index in [1.165, 1.54) is 15.4 Å². The van der Waals surface area contributed by atoms with Crippen molar-refractivity contribution < 1.29 is 13.2 Å². The van der Waals surface area contributed by atoms with Crippen LogP contribution in [0, 0.1) is 6.92 Å². The molecule has 0 bridgehead atoms. The van der Waals surface area contributed by atoms with Crippen LogP contribution in [0.1, 0.15) is 48.8 Å². The van der Waals surface area contributed by atoms with E-state index in [1.54, 1.807) is 6.20 Å². The van der Waals surface area contributed by atoms with Gasteiger partial charge in [-0.2, -0.15) is 9.29 Å². The third-order valence-electron chi connectivity index (χ3n) is 9.01. The Morgan fingerprint density at radius 3 is 2.57 bits per heavy atom. The lowest BCUT2D eigenvalue weighted by molar-refractivity contribution is 0.110. The third-order valence-corrected chi connectivity index (χ3v) is 10.7. The predicted octanol–water partition coefficient (Wildman–Crippen LogP) is 3.60. The number of aryl methyl sites for hydroxylation is 2. The molecule has 0 saturated carbocycles. The van der Waals surface area contributed by atoms with Crippen LogP contribution in [-0.2, 0) is 22.9 Å². The average Bonchev–Trinajstić information content (AvgIpc) is 3.65. The van der Waals surface area contributed by atoms with Gasteiger partial charge in [0, 0.05) is 50.0 Å².